The minimum absolute atomic E-state index is 0.239. The van der Waals surface area contributed by atoms with Crippen molar-refractivity contribution in [1.82, 2.24) is 10.3 Å². The van der Waals surface area contributed by atoms with Crippen LogP contribution in [0.5, 0.6) is 11.5 Å². The topological polar surface area (TPSA) is 60.5 Å². The van der Waals surface area contributed by atoms with Crippen LogP contribution in [0.25, 0.3) is 22.2 Å². The predicted octanol–water partition coefficient (Wildman–Crippen LogP) is 4.99. The lowest BCUT2D eigenvalue weighted by molar-refractivity contribution is 0.0952. The molecule has 1 aromatic heterocycles. The predicted molar refractivity (Wildman–Crippen MR) is 118 cm³/mol. The SMILES string of the molecule is COc1ccc(-c2cc(C(=O)NCc3ccc(F)cc3)c3ccccc3n2)c(OC)c1. The minimum Gasteiger partial charge on any atom is -0.497 e. The molecule has 0 aliphatic heterocycles. The van der Waals surface area contributed by atoms with E-state index in [1.54, 1.807) is 38.5 Å². The van der Waals surface area contributed by atoms with Crippen LogP contribution in [-0.4, -0.2) is 25.1 Å². The maximum atomic E-state index is 13.1. The molecule has 0 unspecified atom stereocenters. The Kier molecular flexibility index (Phi) is 5.80. The van der Waals surface area contributed by atoms with Crippen molar-refractivity contribution in [3.63, 3.8) is 0 Å². The van der Waals surface area contributed by atoms with Crippen LogP contribution in [0.3, 0.4) is 0 Å². The third-order valence-electron chi connectivity index (χ3n) is 5.01. The summed E-state index contributed by atoms with van der Waals surface area (Å²) < 4.78 is 23.9. The van der Waals surface area contributed by atoms with Gasteiger partial charge in [0.25, 0.3) is 5.91 Å². The number of hydrogen-bond donors (Lipinski definition) is 1. The summed E-state index contributed by atoms with van der Waals surface area (Å²) in [5.74, 6) is 0.711. The Hall–Kier alpha value is -3.93. The van der Waals surface area contributed by atoms with E-state index in [-0.39, 0.29) is 18.3 Å². The molecule has 0 fully saturated rings. The number of methoxy groups -OCH3 is 2. The number of carbonyl (C=O) groups excluding carboxylic acids is 1. The van der Waals surface area contributed by atoms with Gasteiger partial charge in [-0.2, -0.15) is 0 Å². The van der Waals surface area contributed by atoms with E-state index in [4.69, 9.17) is 14.5 Å². The summed E-state index contributed by atoms with van der Waals surface area (Å²) in [6.07, 6.45) is 0. The van der Waals surface area contributed by atoms with Gasteiger partial charge in [0.15, 0.2) is 0 Å². The van der Waals surface area contributed by atoms with Crippen LogP contribution in [-0.2, 0) is 6.54 Å². The Balaban J connectivity index is 1.73. The van der Waals surface area contributed by atoms with Gasteiger partial charge in [-0.15, -0.1) is 0 Å². The van der Waals surface area contributed by atoms with Crippen LogP contribution in [0, 0.1) is 5.82 Å². The highest BCUT2D eigenvalue weighted by Gasteiger charge is 2.16. The highest BCUT2D eigenvalue weighted by molar-refractivity contribution is 6.07. The van der Waals surface area contributed by atoms with Gasteiger partial charge in [-0.3, -0.25) is 4.79 Å². The first-order valence-corrected chi connectivity index (χ1v) is 9.74. The van der Waals surface area contributed by atoms with E-state index < -0.39 is 0 Å². The molecule has 4 aromatic rings. The number of nitrogens with one attached hydrogen (secondary N) is 1. The number of para-hydroxylation sites is 1. The Morgan fingerprint density at radius 2 is 1.74 bits per heavy atom. The molecule has 1 heterocycles. The van der Waals surface area contributed by atoms with Crippen molar-refractivity contribution in [3.05, 3.63) is 89.7 Å². The third-order valence-corrected chi connectivity index (χ3v) is 5.01. The van der Waals surface area contributed by atoms with E-state index >= 15 is 0 Å². The number of carbonyl (C=O) groups is 1. The van der Waals surface area contributed by atoms with E-state index in [1.807, 2.05) is 36.4 Å². The zero-order valence-electron chi connectivity index (χ0n) is 17.2. The first-order chi connectivity index (χ1) is 15.1. The number of aromatic nitrogens is 1. The molecule has 0 saturated heterocycles. The standard InChI is InChI=1S/C25H21FN2O3/c1-30-18-11-12-20(24(13-18)31-2)23-14-21(19-5-3-4-6-22(19)28-23)25(29)27-15-16-7-9-17(26)10-8-16/h3-14H,15H2,1-2H3,(H,27,29). The molecule has 0 radical (unpaired) electrons. The lowest BCUT2D eigenvalue weighted by Gasteiger charge is -2.13. The summed E-state index contributed by atoms with van der Waals surface area (Å²) in [4.78, 5) is 17.8. The summed E-state index contributed by atoms with van der Waals surface area (Å²) in [5, 5.41) is 3.66. The summed E-state index contributed by atoms with van der Waals surface area (Å²) in [7, 11) is 3.17. The molecule has 3 aromatic carbocycles. The van der Waals surface area contributed by atoms with Gasteiger partial charge in [0, 0.05) is 23.6 Å². The number of nitrogens with zero attached hydrogens (tertiary/aromatic N) is 1. The number of halogens is 1. The monoisotopic (exact) mass is 416 g/mol. The fourth-order valence-corrected chi connectivity index (χ4v) is 3.39. The number of hydrogen-bond acceptors (Lipinski definition) is 4. The maximum absolute atomic E-state index is 13.1. The molecule has 0 bridgehead atoms. The van der Waals surface area contributed by atoms with E-state index in [1.165, 1.54) is 12.1 Å². The highest BCUT2D eigenvalue weighted by atomic mass is 19.1. The van der Waals surface area contributed by atoms with Crippen LogP contribution in [0.4, 0.5) is 4.39 Å². The van der Waals surface area contributed by atoms with Crippen molar-refractivity contribution in [2.24, 2.45) is 0 Å². The zero-order valence-corrected chi connectivity index (χ0v) is 17.2. The van der Waals surface area contributed by atoms with Crippen LogP contribution < -0.4 is 14.8 Å². The van der Waals surface area contributed by atoms with Gasteiger partial charge in [-0.05, 0) is 42.0 Å². The normalized spacial score (nSPS) is 10.7. The summed E-state index contributed by atoms with van der Waals surface area (Å²) in [6.45, 7) is 0.289. The van der Waals surface area contributed by atoms with E-state index in [9.17, 15) is 9.18 Å². The van der Waals surface area contributed by atoms with Crippen molar-refractivity contribution < 1.29 is 18.7 Å². The van der Waals surface area contributed by atoms with E-state index in [0.717, 1.165) is 16.5 Å². The van der Waals surface area contributed by atoms with Crippen LogP contribution in [0.1, 0.15) is 15.9 Å². The molecule has 0 atom stereocenters. The van der Waals surface area contributed by atoms with Gasteiger partial charge in [-0.25, -0.2) is 9.37 Å². The molecule has 0 saturated carbocycles. The lowest BCUT2D eigenvalue weighted by atomic mass is 10.0. The Morgan fingerprint density at radius 3 is 2.48 bits per heavy atom. The summed E-state index contributed by atoms with van der Waals surface area (Å²) in [6, 6.07) is 20.7. The van der Waals surface area contributed by atoms with Crippen molar-refractivity contribution in [3.8, 4) is 22.8 Å². The number of rotatable bonds is 6. The van der Waals surface area contributed by atoms with Crippen LogP contribution in [0.15, 0.2) is 72.8 Å². The molecule has 0 aliphatic rings. The largest absolute Gasteiger partial charge is 0.497 e. The molecule has 5 nitrogen and oxygen atoms in total. The van der Waals surface area contributed by atoms with Crippen molar-refractivity contribution in [2.45, 2.75) is 6.54 Å². The van der Waals surface area contributed by atoms with Crippen molar-refractivity contribution in [2.75, 3.05) is 14.2 Å². The number of benzene rings is 3. The number of pyridine rings is 1. The van der Waals surface area contributed by atoms with Gasteiger partial charge in [0.05, 0.1) is 31.0 Å². The third kappa shape index (κ3) is 4.33. The number of fused-ring (bicyclic) bond motifs is 1. The van der Waals surface area contributed by atoms with Gasteiger partial charge in [0.1, 0.15) is 17.3 Å². The second-order valence-electron chi connectivity index (χ2n) is 6.95. The first kappa shape index (κ1) is 20.3. The van der Waals surface area contributed by atoms with Gasteiger partial charge < -0.3 is 14.8 Å². The lowest BCUT2D eigenvalue weighted by Crippen LogP contribution is -2.23. The molecule has 156 valence electrons. The number of ether oxygens (including phenoxy) is 2. The first-order valence-electron chi connectivity index (χ1n) is 9.74. The van der Waals surface area contributed by atoms with Crippen molar-refractivity contribution >= 4 is 16.8 Å². The summed E-state index contributed by atoms with van der Waals surface area (Å²) >= 11 is 0. The van der Waals surface area contributed by atoms with Gasteiger partial charge in [-0.1, -0.05) is 30.3 Å². The average molecular weight is 416 g/mol. The fourth-order valence-electron chi connectivity index (χ4n) is 3.39. The van der Waals surface area contributed by atoms with Gasteiger partial charge in [0.2, 0.25) is 0 Å². The Bertz CT molecular complexity index is 1240. The zero-order chi connectivity index (χ0) is 21.8. The van der Waals surface area contributed by atoms with E-state index in [2.05, 4.69) is 5.32 Å². The molecule has 31 heavy (non-hydrogen) atoms. The molecule has 4 rings (SSSR count). The van der Waals surface area contributed by atoms with Crippen molar-refractivity contribution in [1.29, 1.82) is 0 Å². The fraction of sp³-hybridized carbons (Fsp3) is 0.120. The van der Waals surface area contributed by atoms with E-state index in [0.29, 0.717) is 28.3 Å². The Labute approximate surface area is 179 Å². The average Bonchev–Trinajstić information content (AvgIpc) is 2.82. The summed E-state index contributed by atoms with van der Waals surface area (Å²) in [5.41, 5.74) is 3.38. The molecular weight excluding hydrogens is 395 g/mol. The number of amides is 1. The minimum atomic E-state index is -0.312. The maximum Gasteiger partial charge on any atom is 0.252 e. The molecule has 1 N–H and O–H groups in total. The Morgan fingerprint density at radius 1 is 0.968 bits per heavy atom. The highest BCUT2D eigenvalue weighted by Crippen LogP contribution is 2.34. The van der Waals surface area contributed by atoms with Crippen LogP contribution in [0.2, 0.25) is 0 Å². The molecule has 6 heteroatoms. The van der Waals surface area contributed by atoms with Crippen LogP contribution >= 0.6 is 0 Å². The second kappa shape index (κ2) is 8.83. The molecule has 1 amide bonds. The molecule has 0 spiro atoms. The molecule has 0 aliphatic carbocycles. The second-order valence-corrected chi connectivity index (χ2v) is 6.95. The molecular formula is C25H21FN2O3. The quantitative estimate of drug-likeness (QED) is 0.481. The smallest absolute Gasteiger partial charge is 0.252 e. The van der Waals surface area contributed by atoms with Gasteiger partial charge >= 0.3 is 0 Å².